The van der Waals surface area contributed by atoms with Crippen LogP contribution in [0.4, 0.5) is 5.69 Å². The molecule has 180 valence electrons. The minimum Gasteiger partial charge on any atom is -0.326 e. The fourth-order valence-electron chi connectivity index (χ4n) is 3.63. The molecule has 1 amide bonds. The molecule has 6 nitrogen and oxygen atoms in total. The van der Waals surface area contributed by atoms with Gasteiger partial charge in [-0.1, -0.05) is 54.6 Å². The summed E-state index contributed by atoms with van der Waals surface area (Å²) in [6, 6.07) is 24.0. The minimum absolute atomic E-state index is 0.101. The summed E-state index contributed by atoms with van der Waals surface area (Å²) in [4.78, 5) is 17.2. The molecule has 0 aliphatic rings. The van der Waals surface area contributed by atoms with Crippen molar-refractivity contribution in [1.82, 2.24) is 9.71 Å². The number of thiazole rings is 1. The van der Waals surface area contributed by atoms with Gasteiger partial charge in [-0.3, -0.25) is 4.79 Å². The number of nitrogens with zero attached hydrogens (tertiary/aromatic N) is 1. The highest BCUT2D eigenvalue weighted by atomic mass is 32.2. The molecule has 3 aromatic carbocycles. The first kappa shape index (κ1) is 24.8. The number of sulfonamides is 1. The summed E-state index contributed by atoms with van der Waals surface area (Å²) >= 11 is 1.59. The summed E-state index contributed by atoms with van der Waals surface area (Å²) in [5, 5.41) is 5.93. The SMILES string of the molecule is Cc1nc(-c2cccc(NC(=O)CCc3ccc(S(=O)(=O)NCCc4ccccc4)cc3)c2)cs1. The summed E-state index contributed by atoms with van der Waals surface area (Å²) < 4.78 is 27.8. The van der Waals surface area contributed by atoms with Gasteiger partial charge >= 0.3 is 0 Å². The van der Waals surface area contributed by atoms with Gasteiger partial charge in [-0.25, -0.2) is 18.1 Å². The lowest BCUT2D eigenvalue weighted by atomic mass is 10.1. The number of rotatable bonds is 10. The number of amides is 1. The maximum absolute atomic E-state index is 12.6. The van der Waals surface area contributed by atoms with Crippen molar-refractivity contribution in [2.45, 2.75) is 31.1 Å². The Kier molecular flexibility index (Phi) is 8.07. The average Bonchev–Trinajstić information content (AvgIpc) is 3.30. The lowest BCUT2D eigenvalue weighted by Crippen LogP contribution is -2.26. The van der Waals surface area contributed by atoms with Gasteiger partial charge in [0.2, 0.25) is 15.9 Å². The van der Waals surface area contributed by atoms with Crippen LogP contribution in [0.5, 0.6) is 0 Å². The Morgan fingerprint density at radius 1 is 0.914 bits per heavy atom. The van der Waals surface area contributed by atoms with Crippen LogP contribution in [0, 0.1) is 6.92 Å². The number of hydrogen-bond donors (Lipinski definition) is 2. The molecule has 0 aliphatic carbocycles. The van der Waals surface area contributed by atoms with Gasteiger partial charge in [0.25, 0.3) is 0 Å². The third-order valence-corrected chi connectivity index (χ3v) is 7.73. The zero-order chi connectivity index (χ0) is 24.7. The van der Waals surface area contributed by atoms with Crippen molar-refractivity contribution >= 4 is 33.0 Å². The van der Waals surface area contributed by atoms with Crippen LogP contribution in [0.25, 0.3) is 11.3 Å². The second kappa shape index (κ2) is 11.4. The van der Waals surface area contributed by atoms with E-state index in [1.165, 1.54) is 0 Å². The number of hydrogen-bond acceptors (Lipinski definition) is 5. The third kappa shape index (κ3) is 7.08. The summed E-state index contributed by atoms with van der Waals surface area (Å²) in [5.74, 6) is -0.101. The third-order valence-electron chi connectivity index (χ3n) is 5.48. The van der Waals surface area contributed by atoms with Crippen molar-refractivity contribution in [3.63, 3.8) is 0 Å². The molecule has 1 aromatic heterocycles. The molecule has 0 aliphatic heterocycles. The van der Waals surface area contributed by atoms with Gasteiger partial charge in [-0.05, 0) is 55.2 Å². The van der Waals surface area contributed by atoms with Crippen molar-refractivity contribution in [2.24, 2.45) is 0 Å². The van der Waals surface area contributed by atoms with E-state index >= 15 is 0 Å². The molecular formula is C27H27N3O3S2. The van der Waals surface area contributed by atoms with Gasteiger partial charge in [0, 0.05) is 29.6 Å². The Morgan fingerprint density at radius 2 is 1.66 bits per heavy atom. The maximum atomic E-state index is 12.6. The van der Waals surface area contributed by atoms with E-state index < -0.39 is 10.0 Å². The van der Waals surface area contributed by atoms with Crippen molar-refractivity contribution in [3.05, 3.63) is 100 Å². The zero-order valence-corrected chi connectivity index (χ0v) is 21.0. The molecule has 0 radical (unpaired) electrons. The van der Waals surface area contributed by atoms with Gasteiger partial charge < -0.3 is 5.32 Å². The van der Waals surface area contributed by atoms with Gasteiger partial charge in [-0.15, -0.1) is 11.3 Å². The fourth-order valence-corrected chi connectivity index (χ4v) is 5.28. The zero-order valence-electron chi connectivity index (χ0n) is 19.4. The van der Waals surface area contributed by atoms with Crippen molar-refractivity contribution in [2.75, 3.05) is 11.9 Å². The Hall–Kier alpha value is -3.33. The smallest absolute Gasteiger partial charge is 0.240 e. The highest BCUT2D eigenvalue weighted by molar-refractivity contribution is 7.89. The molecule has 4 rings (SSSR count). The number of benzene rings is 3. The van der Waals surface area contributed by atoms with Crippen LogP contribution in [-0.2, 0) is 27.7 Å². The normalized spacial score (nSPS) is 11.3. The summed E-state index contributed by atoms with van der Waals surface area (Å²) in [5.41, 5.74) is 4.56. The van der Waals surface area contributed by atoms with Gasteiger partial charge in [0.15, 0.2) is 0 Å². The van der Waals surface area contributed by atoms with Crippen molar-refractivity contribution in [3.8, 4) is 11.3 Å². The predicted octanol–water partition coefficient (Wildman–Crippen LogP) is 5.21. The van der Waals surface area contributed by atoms with Crippen LogP contribution in [0.2, 0.25) is 0 Å². The Morgan fingerprint density at radius 3 is 2.37 bits per heavy atom. The largest absolute Gasteiger partial charge is 0.326 e. The minimum atomic E-state index is -3.58. The molecule has 0 saturated carbocycles. The molecular weight excluding hydrogens is 478 g/mol. The van der Waals surface area contributed by atoms with Crippen LogP contribution < -0.4 is 10.0 Å². The molecule has 4 aromatic rings. The van der Waals surface area contributed by atoms with Gasteiger partial charge in [0.05, 0.1) is 15.6 Å². The number of aryl methyl sites for hydroxylation is 2. The number of aromatic nitrogens is 1. The lowest BCUT2D eigenvalue weighted by Gasteiger charge is -2.09. The van der Waals surface area contributed by atoms with Crippen LogP contribution in [0.1, 0.15) is 22.6 Å². The highest BCUT2D eigenvalue weighted by Gasteiger charge is 2.13. The Bertz CT molecular complexity index is 1380. The number of anilines is 1. The summed E-state index contributed by atoms with van der Waals surface area (Å²) in [6.07, 6.45) is 1.43. The van der Waals surface area contributed by atoms with E-state index in [1.54, 1.807) is 35.6 Å². The Balaban J connectivity index is 1.27. The first-order valence-electron chi connectivity index (χ1n) is 11.3. The summed E-state index contributed by atoms with van der Waals surface area (Å²) in [6.45, 7) is 2.29. The quantitative estimate of drug-likeness (QED) is 0.310. The average molecular weight is 506 g/mol. The van der Waals surface area contributed by atoms with Gasteiger partial charge in [0.1, 0.15) is 0 Å². The first-order chi connectivity index (χ1) is 16.9. The lowest BCUT2D eigenvalue weighted by molar-refractivity contribution is -0.116. The molecule has 2 N–H and O–H groups in total. The van der Waals surface area contributed by atoms with E-state index in [-0.39, 0.29) is 10.8 Å². The van der Waals surface area contributed by atoms with E-state index in [4.69, 9.17) is 0 Å². The van der Waals surface area contributed by atoms with E-state index in [0.29, 0.717) is 25.8 Å². The second-order valence-electron chi connectivity index (χ2n) is 8.16. The molecule has 0 bridgehead atoms. The Labute approximate surface area is 210 Å². The summed E-state index contributed by atoms with van der Waals surface area (Å²) in [7, 11) is -3.58. The standard InChI is InChI=1S/C27H27N3O3S2/c1-20-29-26(19-34-20)23-8-5-9-24(18-23)30-27(31)15-12-22-10-13-25(14-11-22)35(32,33)28-17-16-21-6-3-2-4-7-21/h2-11,13-14,18-19,28H,12,15-17H2,1H3,(H,30,31). The van der Waals surface area contributed by atoms with Crippen molar-refractivity contribution < 1.29 is 13.2 Å². The predicted molar refractivity (Wildman–Crippen MR) is 141 cm³/mol. The highest BCUT2D eigenvalue weighted by Crippen LogP contribution is 2.24. The first-order valence-corrected chi connectivity index (χ1v) is 13.7. The number of carbonyl (C=O) groups is 1. The topological polar surface area (TPSA) is 88.2 Å². The van der Waals surface area contributed by atoms with Crippen LogP contribution in [0.15, 0.2) is 89.1 Å². The van der Waals surface area contributed by atoms with E-state index in [1.807, 2.05) is 66.9 Å². The number of carbonyl (C=O) groups excluding carboxylic acids is 1. The monoisotopic (exact) mass is 505 g/mol. The second-order valence-corrected chi connectivity index (χ2v) is 11.0. The molecule has 0 saturated heterocycles. The molecule has 0 unspecified atom stereocenters. The van der Waals surface area contributed by atoms with Crippen LogP contribution in [-0.4, -0.2) is 25.9 Å². The van der Waals surface area contributed by atoms with E-state index in [0.717, 1.165) is 33.1 Å². The van der Waals surface area contributed by atoms with Crippen LogP contribution in [0.3, 0.4) is 0 Å². The molecule has 35 heavy (non-hydrogen) atoms. The van der Waals surface area contributed by atoms with E-state index in [2.05, 4.69) is 15.0 Å². The fraction of sp³-hybridized carbons (Fsp3) is 0.185. The molecule has 0 atom stereocenters. The van der Waals surface area contributed by atoms with Gasteiger partial charge in [-0.2, -0.15) is 0 Å². The molecule has 0 fully saturated rings. The molecule has 0 spiro atoms. The molecule has 8 heteroatoms. The maximum Gasteiger partial charge on any atom is 0.240 e. The van der Waals surface area contributed by atoms with Crippen LogP contribution >= 0.6 is 11.3 Å². The van der Waals surface area contributed by atoms with E-state index in [9.17, 15) is 13.2 Å². The molecule has 1 heterocycles. The van der Waals surface area contributed by atoms with Crippen molar-refractivity contribution in [1.29, 1.82) is 0 Å². The number of nitrogens with one attached hydrogen (secondary N) is 2.